The van der Waals surface area contributed by atoms with Crippen LogP contribution in [-0.4, -0.2) is 15.7 Å². The zero-order valence-electron chi connectivity index (χ0n) is 7.51. The lowest BCUT2D eigenvalue weighted by Gasteiger charge is -2.16. The van der Waals surface area contributed by atoms with Crippen molar-refractivity contribution >= 4 is 11.6 Å². The Kier molecular flexibility index (Phi) is 2.88. The highest BCUT2D eigenvalue weighted by molar-refractivity contribution is 6.30. The average molecular weight is 204 g/mol. The highest BCUT2D eigenvalue weighted by Gasteiger charge is 2.16. The largest absolute Gasteiger partial charge is 0.390 e. The first-order valence-electron chi connectivity index (χ1n) is 3.91. The van der Waals surface area contributed by atoms with E-state index in [-0.39, 0.29) is 6.42 Å². The standard InChI is InChI=1S/C9H11ClFNO/c1-9(2,13)4-6-3-7(10)5-12-8(6)11/h3,5,13H,4H2,1-2H3. The summed E-state index contributed by atoms with van der Waals surface area (Å²) < 4.78 is 13.0. The van der Waals surface area contributed by atoms with Gasteiger partial charge in [0.05, 0.1) is 10.6 Å². The molecule has 0 fully saturated rings. The van der Waals surface area contributed by atoms with Crippen LogP contribution in [0, 0.1) is 5.95 Å². The van der Waals surface area contributed by atoms with Gasteiger partial charge in [0.25, 0.3) is 0 Å². The van der Waals surface area contributed by atoms with Crippen LogP contribution in [0.2, 0.25) is 5.02 Å². The maximum atomic E-state index is 13.0. The van der Waals surface area contributed by atoms with Crippen LogP contribution in [0.1, 0.15) is 19.4 Å². The molecule has 0 radical (unpaired) electrons. The summed E-state index contributed by atoms with van der Waals surface area (Å²) in [5, 5.41) is 9.82. The molecular weight excluding hydrogens is 193 g/mol. The number of hydrogen-bond acceptors (Lipinski definition) is 2. The van der Waals surface area contributed by atoms with Crippen molar-refractivity contribution in [2.24, 2.45) is 0 Å². The van der Waals surface area contributed by atoms with Crippen molar-refractivity contribution in [1.29, 1.82) is 0 Å². The number of aromatic nitrogens is 1. The lowest BCUT2D eigenvalue weighted by molar-refractivity contribution is 0.0798. The molecule has 1 aromatic rings. The smallest absolute Gasteiger partial charge is 0.216 e. The monoisotopic (exact) mass is 203 g/mol. The van der Waals surface area contributed by atoms with Crippen LogP contribution in [0.3, 0.4) is 0 Å². The van der Waals surface area contributed by atoms with Gasteiger partial charge < -0.3 is 5.11 Å². The van der Waals surface area contributed by atoms with Crippen LogP contribution in [0.4, 0.5) is 4.39 Å². The maximum Gasteiger partial charge on any atom is 0.216 e. The summed E-state index contributed by atoms with van der Waals surface area (Å²) in [5.74, 6) is -0.577. The van der Waals surface area contributed by atoms with E-state index in [1.54, 1.807) is 13.8 Å². The van der Waals surface area contributed by atoms with Gasteiger partial charge in [-0.1, -0.05) is 11.6 Å². The molecule has 0 aliphatic rings. The average Bonchev–Trinajstić information content (AvgIpc) is 1.94. The summed E-state index contributed by atoms with van der Waals surface area (Å²) >= 11 is 5.63. The molecule has 0 bridgehead atoms. The number of halogens is 2. The Balaban J connectivity index is 2.94. The second kappa shape index (κ2) is 3.60. The van der Waals surface area contributed by atoms with Gasteiger partial charge in [-0.15, -0.1) is 0 Å². The predicted octanol–water partition coefficient (Wildman–Crippen LogP) is 2.19. The molecule has 1 N–H and O–H groups in total. The van der Waals surface area contributed by atoms with Crippen LogP contribution in [0.5, 0.6) is 0 Å². The van der Waals surface area contributed by atoms with Crippen LogP contribution in [0.15, 0.2) is 12.3 Å². The molecule has 0 aliphatic heterocycles. The number of rotatable bonds is 2. The van der Waals surface area contributed by atoms with Crippen molar-refractivity contribution in [1.82, 2.24) is 4.98 Å². The lowest BCUT2D eigenvalue weighted by atomic mass is 10.00. The SMILES string of the molecule is CC(C)(O)Cc1cc(Cl)cnc1F. The Bertz CT molecular complexity index is 309. The first-order valence-corrected chi connectivity index (χ1v) is 4.28. The quantitative estimate of drug-likeness (QED) is 0.748. The molecule has 0 aromatic carbocycles. The van der Waals surface area contributed by atoms with Crippen LogP contribution in [0.25, 0.3) is 0 Å². The van der Waals surface area contributed by atoms with Crippen molar-refractivity contribution in [3.8, 4) is 0 Å². The molecule has 0 saturated carbocycles. The van der Waals surface area contributed by atoms with E-state index in [0.29, 0.717) is 10.6 Å². The molecule has 72 valence electrons. The molecule has 0 saturated heterocycles. The molecular formula is C9H11ClFNO. The normalized spacial score (nSPS) is 11.8. The fourth-order valence-electron chi connectivity index (χ4n) is 1.05. The topological polar surface area (TPSA) is 33.1 Å². The van der Waals surface area contributed by atoms with Crippen molar-refractivity contribution in [2.75, 3.05) is 0 Å². The fourth-order valence-corrected chi connectivity index (χ4v) is 1.24. The zero-order valence-corrected chi connectivity index (χ0v) is 8.27. The molecule has 2 nitrogen and oxygen atoms in total. The van der Waals surface area contributed by atoms with E-state index in [4.69, 9.17) is 11.6 Å². The van der Waals surface area contributed by atoms with Crippen molar-refractivity contribution < 1.29 is 9.50 Å². The second-order valence-corrected chi connectivity index (χ2v) is 4.03. The summed E-state index contributed by atoms with van der Waals surface area (Å²) in [7, 11) is 0. The molecule has 0 aliphatic carbocycles. The van der Waals surface area contributed by atoms with Crippen molar-refractivity contribution in [3.05, 3.63) is 28.8 Å². The Morgan fingerprint density at radius 1 is 1.62 bits per heavy atom. The molecule has 0 spiro atoms. The van der Waals surface area contributed by atoms with Gasteiger partial charge in [0.15, 0.2) is 0 Å². The third-order valence-corrected chi connectivity index (χ3v) is 1.71. The summed E-state index contributed by atoms with van der Waals surface area (Å²) in [4.78, 5) is 3.45. The number of aliphatic hydroxyl groups is 1. The summed E-state index contributed by atoms with van der Waals surface area (Å²) in [6.07, 6.45) is 1.44. The van der Waals surface area contributed by atoms with Gasteiger partial charge in [-0.25, -0.2) is 4.98 Å². The molecule has 1 aromatic heterocycles. The van der Waals surface area contributed by atoms with E-state index in [0.717, 1.165) is 0 Å². The molecule has 1 rings (SSSR count). The molecule has 4 heteroatoms. The van der Waals surface area contributed by atoms with E-state index < -0.39 is 11.5 Å². The van der Waals surface area contributed by atoms with Gasteiger partial charge >= 0.3 is 0 Å². The van der Waals surface area contributed by atoms with E-state index in [9.17, 15) is 9.50 Å². The van der Waals surface area contributed by atoms with Crippen LogP contribution in [-0.2, 0) is 6.42 Å². The van der Waals surface area contributed by atoms with E-state index in [1.165, 1.54) is 12.3 Å². The number of hydrogen-bond donors (Lipinski definition) is 1. The van der Waals surface area contributed by atoms with E-state index in [1.807, 2.05) is 0 Å². The van der Waals surface area contributed by atoms with E-state index >= 15 is 0 Å². The maximum absolute atomic E-state index is 13.0. The Labute approximate surface area is 81.4 Å². The van der Waals surface area contributed by atoms with Crippen LogP contribution < -0.4 is 0 Å². The van der Waals surface area contributed by atoms with E-state index in [2.05, 4.69) is 4.98 Å². The Morgan fingerprint density at radius 2 is 2.23 bits per heavy atom. The molecule has 0 amide bonds. The van der Waals surface area contributed by atoms with Crippen molar-refractivity contribution in [3.63, 3.8) is 0 Å². The molecule has 0 atom stereocenters. The zero-order chi connectivity index (χ0) is 10.1. The van der Waals surface area contributed by atoms with Gasteiger partial charge in [0.2, 0.25) is 5.95 Å². The van der Waals surface area contributed by atoms with Gasteiger partial charge in [0.1, 0.15) is 0 Å². The third-order valence-electron chi connectivity index (χ3n) is 1.50. The second-order valence-electron chi connectivity index (χ2n) is 3.59. The van der Waals surface area contributed by atoms with Crippen LogP contribution >= 0.6 is 11.6 Å². The number of nitrogens with zero attached hydrogens (tertiary/aromatic N) is 1. The fraction of sp³-hybridized carbons (Fsp3) is 0.444. The molecule has 1 heterocycles. The minimum atomic E-state index is -0.951. The Morgan fingerprint density at radius 3 is 2.77 bits per heavy atom. The minimum Gasteiger partial charge on any atom is -0.390 e. The summed E-state index contributed by atoms with van der Waals surface area (Å²) in [6, 6.07) is 1.47. The minimum absolute atomic E-state index is 0.201. The Hall–Kier alpha value is -0.670. The van der Waals surface area contributed by atoms with Gasteiger partial charge in [-0.3, -0.25) is 0 Å². The first-order chi connectivity index (χ1) is 5.88. The highest BCUT2D eigenvalue weighted by Crippen LogP contribution is 2.17. The predicted molar refractivity (Wildman–Crippen MR) is 49.2 cm³/mol. The van der Waals surface area contributed by atoms with Crippen molar-refractivity contribution in [2.45, 2.75) is 25.9 Å². The number of pyridine rings is 1. The first kappa shape index (κ1) is 10.4. The highest BCUT2D eigenvalue weighted by atomic mass is 35.5. The van der Waals surface area contributed by atoms with Gasteiger partial charge in [-0.05, 0) is 19.9 Å². The molecule has 13 heavy (non-hydrogen) atoms. The molecule has 0 unspecified atom stereocenters. The summed E-state index contributed by atoms with van der Waals surface area (Å²) in [6.45, 7) is 3.21. The third kappa shape index (κ3) is 3.28. The van der Waals surface area contributed by atoms with Gasteiger partial charge in [-0.2, -0.15) is 4.39 Å². The lowest BCUT2D eigenvalue weighted by Crippen LogP contribution is -2.22. The van der Waals surface area contributed by atoms with Gasteiger partial charge in [0, 0.05) is 18.2 Å². The summed E-state index contributed by atoms with van der Waals surface area (Å²) in [5.41, 5.74) is -0.618.